The third-order valence-electron chi connectivity index (χ3n) is 3.86. The number of rotatable bonds is 4. The summed E-state index contributed by atoms with van der Waals surface area (Å²) in [6.45, 7) is 4.10. The van der Waals surface area contributed by atoms with Gasteiger partial charge in [0.2, 0.25) is 5.91 Å². The molecule has 0 aromatic carbocycles. The van der Waals surface area contributed by atoms with Crippen molar-refractivity contribution in [2.75, 3.05) is 5.32 Å². The summed E-state index contributed by atoms with van der Waals surface area (Å²) >= 11 is 0. The molecule has 1 amide bonds. The van der Waals surface area contributed by atoms with Gasteiger partial charge in [0.05, 0.1) is 17.9 Å². The van der Waals surface area contributed by atoms with Gasteiger partial charge in [-0.05, 0) is 32.6 Å². The van der Waals surface area contributed by atoms with Gasteiger partial charge in [0.1, 0.15) is 0 Å². The van der Waals surface area contributed by atoms with Gasteiger partial charge in [0, 0.05) is 12.2 Å². The lowest BCUT2D eigenvalue weighted by Gasteiger charge is -2.26. The molecule has 6 heteroatoms. The molecule has 1 heterocycles. The number of aromatic nitrogens is 2. The van der Waals surface area contributed by atoms with Crippen LogP contribution in [0.2, 0.25) is 0 Å². The van der Waals surface area contributed by atoms with E-state index >= 15 is 0 Å². The number of nitrogens with zero attached hydrogens (tertiary/aromatic N) is 2. The van der Waals surface area contributed by atoms with Gasteiger partial charge in [-0.3, -0.25) is 9.48 Å². The monoisotopic (exact) mass is 300 g/mol. The molecule has 5 nitrogen and oxygen atoms in total. The van der Waals surface area contributed by atoms with Crippen molar-refractivity contribution in [2.45, 2.75) is 58.0 Å². The Balaban J connectivity index is 0.00000200. The van der Waals surface area contributed by atoms with Gasteiger partial charge in [0.25, 0.3) is 0 Å². The first kappa shape index (κ1) is 17.0. The zero-order valence-corrected chi connectivity index (χ0v) is 13.0. The Bertz CT molecular complexity index is 427. The molecule has 1 aliphatic carbocycles. The Morgan fingerprint density at radius 1 is 1.40 bits per heavy atom. The average molecular weight is 301 g/mol. The number of carbonyl (C=O) groups is 1. The topological polar surface area (TPSA) is 72.9 Å². The van der Waals surface area contributed by atoms with Crippen molar-refractivity contribution >= 4 is 24.0 Å². The molecule has 0 bridgehead atoms. The zero-order valence-electron chi connectivity index (χ0n) is 12.2. The quantitative estimate of drug-likeness (QED) is 0.898. The molecule has 0 spiro atoms. The van der Waals surface area contributed by atoms with E-state index in [9.17, 15) is 4.79 Å². The maximum absolute atomic E-state index is 12.1. The van der Waals surface area contributed by atoms with E-state index in [0.29, 0.717) is 5.92 Å². The minimum atomic E-state index is -0.400. The highest BCUT2D eigenvalue weighted by atomic mass is 35.5. The lowest BCUT2D eigenvalue weighted by molar-refractivity contribution is -0.118. The summed E-state index contributed by atoms with van der Waals surface area (Å²) in [5, 5.41) is 7.07. The van der Waals surface area contributed by atoms with Crippen LogP contribution in [-0.2, 0) is 4.79 Å². The summed E-state index contributed by atoms with van der Waals surface area (Å²) < 4.78 is 1.82. The number of amides is 1. The van der Waals surface area contributed by atoms with E-state index in [4.69, 9.17) is 5.73 Å². The molecule has 0 radical (unpaired) electrons. The van der Waals surface area contributed by atoms with Gasteiger partial charge in [0.15, 0.2) is 0 Å². The molecule has 0 unspecified atom stereocenters. The second kappa shape index (κ2) is 7.64. The molecule has 1 saturated carbocycles. The maximum Gasteiger partial charge on any atom is 0.241 e. The smallest absolute Gasteiger partial charge is 0.241 e. The second-order valence-corrected chi connectivity index (χ2v) is 5.72. The molecular weight excluding hydrogens is 276 g/mol. The lowest BCUT2D eigenvalue weighted by Crippen LogP contribution is -2.42. The Hall–Kier alpha value is -1.07. The minimum absolute atomic E-state index is 0. The van der Waals surface area contributed by atoms with Crippen LogP contribution in [0.25, 0.3) is 0 Å². The van der Waals surface area contributed by atoms with E-state index in [2.05, 4.69) is 10.4 Å². The maximum atomic E-state index is 12.1. The van der Waals surface area contributed by atoms with Gasteiger partial charge in [-0.1, -0.05) is 19.3 Å². The summed E-state index contributed by atoms with van der Waals surface area (Å²) in [5.41, 5.74) is 6.79. The van der Waals surface area contributed by atoms with E-state index in [0.717, 1.165) is 18.5 Å². The van der Waals surface area contributed by atoms with Crippen LogP contribution < -0.4 is 11.1 Å². The lowest BCUT2D eigenvalue weighted by atomic mass is 9.84. The van der Waals surface area contributed by atoms with Gasteiger partial charge >= 0.3 is 0 Å². The summed E-state index contributed by atoms with van der Waals surface area (Å²) in [4.78, 5) is 12.1. The number of nitrogens with two attached hydrogens (primary N) is 1. The predicted molar refractivity (Wildman–Crippen MR) is 83.0 cm³/mol. The van der Waals surface area contributed by atoms with Crippen molar-refractivity contribution in [3.05, 3.63) is 12.4 Å². The number of nitrogens with one attached hydrogen (secondary N) is 1. The number of hydrogen-bond donors (Lipinski definition) is 2. The highest BCUT2D eigenvalue weighted by Gasteiger charge is 2.26. The highest BCUT2D eigenvalue weighted by Crippen LogP contribution is 2.26. The van der Waals surface area contributed by atoms with Crippen LogP contribution >= 0.6 is 12.4 Å². The van der Waals surface area contributed by atoms with Crippen molar-refractivity contribution in [2.24, 2.45) is 11.7 Å². The van der Waals surface area contributed by atoms with Crippen molar-refractivity contribution in [3.63, 3.8) is 0 Å². The van der Waals surface area contributed by atoms with Crippen LogP contribution in [0.15, 0.2) is 12.4 Å². The van der Waals surface area contributed by atoms with Crippen molar-refractivity contribution < 1.29 is 4.79 Å². The SMILES string of the molecule is CC(C)n1cc(NC(=O)[C@@H](N)C2CCCCC2)cn1.Cl. The molecule has 1 aromatic heterocycles. The first-order valence-electron chi connectivity index (χ1n) is 7.18. The Kier molecular flexibility index (Phi) is 6.49. The van der Waals surface area contributed by atoms with Crippen LogP contribution in [-0.4, -0.2) is 21.7 Å². The van der Waals surface area contributed by atoms with Crippen molar-refractivity contribution in [1.29, 1.82) is 0 Å². The highest BCUT2D eigenvalue weighted by molar-refractivity contribution is 5.94. The zero-order chi connectivity index (χ0) is 13.8. The standard InChI is InChI=1S/C14H24N4O.ClH/c1-10(2)18-9-12(8-16-18)17-14(19)13(15)11-6-4-3-5-7-11;/h8-11,13H,3-7,15H2,1-2H3,(H,17,19);1H/t13-;/m0./s1. The molecule has 2 rings (SSSR count). The normalized spacial score (nSPS) is 17.6. The third-order valence-corrected chi connectivity index (χ3v) is 3.86. The minimum Gasteiger partial charge on any atom is -0.322 e. The van der Waals surface area contributed by atoms with E-state index < -0.39 is 6.04 Å². The van der Waals surface area contributed by atoms with Gasteiger partial charge < -0.3 is 11.1 Å². The fraction of sp³-hybridized carbons (Fsp3) is 0.714. The van der Waals surface area contributed by atoms with Gasteiger partial charge in [-0.15, -0.1) is 12.4 Å². The number of anilines is 1. The summed E-state index contributed by atoms with van der Waals surface area (Å²) in [5.74, 6) is 0.240. The molecule has 1 fully saturated rings. The van der Waals surface area contributed by atoms with Crippen LogP contribution in [0, 0.1) is 5.92 Å². The van der Waals surface area contributed by atoms with Crippen LogP contribution in [0.5, 0.6) is 0 Å². The largest absolute Gasteiger partial charge is 0.322 e. The van der Waals surface area contributed by atoms with Crippen molar-refractivity contribution in [3.8, 4) is 0 Å². The van der Waals surface area contributed by atoms with E-state index in [-0.39, 0.29) is 24.4 Å². The first-order valence-corrected chi connectivity index (χ1v) is 7.18. The average Bonchev–Trinajstić information content (AvgIpc) is 2.87. The summed E-state index contributed by atoms with van der Waals surface area (Å²) in [7, 11) is 0. The molecule has 20 heavy (non-hydrogen) atoms. The predicted octanol–water partition coefficient (Wildman–Crippen LogP) is 2.73. The van der Waals surface area contributed by atoms with Crippen LogP contribution in [0.1, 0.15) is 52.0 Å². The van der Waals surface area contributed by atoms with Crippen LogP contribution in [0.3, 0.4) is 0 Å². The van der Waals surface area contributed by atoms with Crippen LogP contribution in [0.4, 0.5) is 5.69 Å². The molecule has 1 atom stereocenters. The molecule has 0 saturated heterocycles. The van der Waals surface area contributed by atoms with Gasteiger partial charge in [-0.25, -0.2) is 0 Å². The molecule has 1 aliphatic rings. The third kappa shape index (κ3) is 4.21. The number of hydrogen-bond acceptors (Lipinski definition) is 3. The molecule has 114 valence electrons. The van der Waals surface area contributed by atoms with Crippen molar-refractivity contribution in [1.82, 2.24) is 9.78 Å². The number of halogens is 1. The Morgan fingerprint density at radius 3 is 2.60 bits per heavy atom. The Labute approximate surface area is 126 Å². The molecule has 0 aliphatic heterocycles. The van der Waals surface area contributed by atoms with Gasteiger partial charge in [-0.2, -0.15) is 5.10 Å². The fourth-order valence-electron chi connectivity index (χ4n) is 2.62. The fourth-order valence-corrected chi connectivity index (χ4v) is 2.62. The van der Waals surface area contributed by atoms with E-state index in [1.165, 1.54) is 19.3 Å². The van der Waals surface area contributed by atoms with E-state index in [1.807, 2.05) is 24.7 Å². The molecule has 3 N–H and O–H groups in total. The first-order chi connectivity index (χ1) is 9.08. The Morgan fingerprint density at radius 2 is 2.05 bits per heavy atom. The summed E-state index contributed by atoms with van der Waals surface area (Å²) in [6.07, 6.45) is 9.31. The summed E-state index contributed by atoms with van der Waals surface area (Å²) in [6, 6.07) is -0.111. The molecule has 1 aromatic rings. The van der Waals surface area contributed by atoms with E-state index in [1.54, 1.807) is 6.20 Å². The second-order valence-electron chi connectivity index (χ2n) is 5.72. The molecular formula is C14H25ClN4O. The number of carbonyl (C=O) groups excluding carboxylic acids is 1.